The highest BCUT2D eigenvalue weighted by atomic mass is 16.5. The van der Waals surface area contributed by atoms with Gasteiger partial charge in [0.1, 0.15) is 17.0 Å². The highest BCUT2D eigenvalue weighted by molar-refractivity contribution is 5.91. The molecule has 0 aliphatic rings. The molecule has 8 nitrogen and oxygen atoms in total. The van der Waals surface area contributed by atoms with Crippen molar-refractivity contribution >= 4 is 5.97 Å². The number of rotatable bonds is 6. The minimum absolute atomic E-state index is 0.147. The number of benzene rings is 2. The van der Waals surface area contributed by atoms with E-state index in [0.29, 0.717) is 22.6 Å². The van der Waals surface area contributed by atoms with Gasteiger partial charge in [0, 0.05) is 22.6 Å². The van der Waals surface area contributed by atoms with E-state index >= 15 is 0 Å². The molecule has 0 aliphatic carbocycles. The number of aryl methyl sites for hydroxylation is 2. The van der Waals surface area contributed by atoms with Crippen molar-refractivity contribution in [3.05, 3.63) is 95.3 Å². The maximum absolute atomic E-state index is 12.8. The smallest absolute Gasteiger partial charge is 0.340 e. The molecule has 8 heteroatoms. The van der Waals surface area contributed by atoms with Gasteiger partial charge < -0.3 is 18.2 Å². The third kappa shape index (κ3) is 3.90. The Morgan fingerprint density at radius 3 is 2.41 bits per heavy atom. The summed E-state index contributed by atoms with van der Waals surface area (Å²) in [4.78, 5) is 12.8. The Morgan fingerprint density at radius 1 is 0.971 bits per heavy atom. The fraction of sp³-hybridized carbons (Fsp3) is 0.154. The zero-order valence-corrected chi connectivity index (χ0v) is 19.0. The Labute approximate surface area is 195 Å². The van der Waals surface area contributed by atoms with Crippen molar-refractivity contribution in [3.8, 4) is 28.4 Å². The zero-order valence-electron chi connectivity index (χ0n) is 19.0. The lowest BCUT2D eigenvalue weighted by Crippen LogP contribution is -2.07. The third-order valence-electron chi connectivity index (χ3n) is 5.58. The average molecular weight is 454 g/mol. The van der Waals surface area contributed by atoms with Crippen LogP contribution in [0.15, 0.2) is 75.7 Å². The molecule has 0 fully saturated rings. The first kappa shape index (κ1) is 21.4. The van der Waals surface area contributed by atoms with Gasteiger partial charge in [0.05, 0.1) is 5.56 Å². The van der Waals surface area contributed by atoms with Crippen molar-refractivity contribution in [2.24, 2.45) is 0 Å². The molecule has 5 aromatic rings. The first-order valence-corrected chi connectivity index (χ1v) is 10.8. The van der Waals surface area contributed by atoms with Gasteiger partial charge in [-0.3, -0.25) is 0 Å². The van der Waals surface area contributed by atoms with Crippen LogP contribution < -0.4 is 0 Å². The molecule has 170 valence electrons. The molecule has 0 bridgehead atoms. The second kappa shape index (κ2) is 8.82. The van der Waals surface area contributed by atoms with Gasteiger partial charge in [-0.15, -0.1) is 10.2 Å². The molecule has 3 aromatic heterocycles. The Bertz CT molecular complexity index is 1450. The molecule has 0 saturated heterocycles. The van der Waals surface area contributed by atoms with Gasteiger partial charge in [-0.05, 0) is 39.0 Å². The number of nitrogens with zero attached hydrogens (tertiary/aromatic N) is 4. The first-order valence-electron chi connectivity index (χ1n) is 10.8. The highest BCUT2D eigenvalue weighted by Crippen LogP contribution is 2.33. The van der Waals surface area contributed by atoms with Crippen LogP contribution in [-0.4, -0.2) is 25.9 Å². The third-order valence-corrected chi connectivity index (χ3v) is 5.58. The Hall–Kier alpha value is -4.46. The van der Waals surface area contributed by atoms with Crippen LogP contribution in [0, 0.1) is 20.8 Å². The normalized spacial score (nSPS) is 11.0. The summed E-state index contributed by atoms with van der Waals surface area (Å²) in [5.74, 6) is 0.534. The van der Waals surface area contributed by atoms with Crippen LogP contribution in [0.4, 0.5) is 0 Å². The zero-order chi connectivity index (χ0) is 23.7. The summed E-state index contributed by atoms with van der Waals surface area (Å²) < 4.78 is 18.7. The van der Waals surface area contributed by atoms with E-state index in [-0.39, 0.29) is 18.4 Å². The number of para-hydroxylation sites is 1. The molecular formula is C26H22N4O4. The summed E-state index contributed by atoms with van der Waals surface area (Å²) in [6, 6.07) is 21.3. The van der Waals surface area contributed by atoms with Gasteiger partial charge in [-0.25, -0.2) is 4.79 Å². The number of aromatic nitrogens is 4. The van der Waals surface area contributed by atoms with E-state index in [1.807, 2.05) is 85.1 Å². The fourth-order valence-electron chi connectivity index (χ4n) is 3.98. The van der Waals surface area contributed by atoms with E-state index < -0.39 is 5.97 Å². The number of esters is 1. The standard InChI is InChI=1S/C26H22N4O4/c1-16-14-21(17(2)30(16)20-12-8-5-9-13-20)26(31)32-15-22-27-28-25(33-22)23-18(3)34-29-24(23)19-10-6-4-7-11-19/h4-14H,15H2,1-3H3. The minimum Gasteiger partial charge on any atom is -0.452 e. The summed E-state index contributed by atoms with van der Waals surface area (Å²) in [6.07, 6.45) is 0. The molecule has 0 aliphatic heterocycles. The van der Waals surface area contributed by atoms with Crippen LogP contribution >= 0.6 is 0 Å². The van der Waals surface area contributed by atoms with Crippen LogP contribution in [0.3, 0.4) is 0 Å². The van der Waals surface area contributed by atoms with E-state index in [2.05, 4.69) is 15.4 Å². The van der Waals surface area contributed by atoms with Crippen LogP contribution in [0.5, 0.6) is 0 Å². The number of carbonyl (C=O) groups is 1. The molecule has 0 atom stereocenters. The highest BCUT2D eigenvalue weighted by Gasteiger charge is 2.23. The largest absolute Gasteiger partial charge is 0.452 e. The van der Waals surface area contributed by atoms with E-state index in [0.717, 1.165) is 22.6 Å². The van der Waals surface area contributed by atoms with Crippen molar-refractivity contribution in [1.82, 2.24) is 19.9 Å². The Balaban J connectivity index is 1.34. The lowest BCUT2D eigenvalue weighted by Gasteiger charge is -2.09. The SMILES string of the molecule is Cc1onc(-c2ccccc2)c1-c1nnc(COC(=O)c2cc(C)n(-c3ccccc3)c2C)o1. The van der Waals surface area contributed by atoms with Crippen molar-refractivity contribution in [1.29, 1.82) is 0 Å². The van der Waals surface area contributed by atoms with E-state index in [1.165, 1.54) is 0 Å². The molecule has 0 N–H and O–H groups in total. The Kier molecular flexibility index (Phi) is 5.55. The van der Waals surface area contributed by atoms with Gasteiger partial charge in [0.25, 0.3) is 11.8 Å². The first-order chi connectivity index (χ1) is 16.5. The molecule has 0 amide bonds. The number of carbonyl (C=O) groups excluding carboxylic acids is 1. The van der Waals surface area contributed by atoms with Crippen LogP contribution in [-0.2, 0) is 11.3 Å². The summed E-state index contributed by atoms with van der Waals surface area (Å²) in [5, 5.41) is 12.3. The topological polar surface area (TPSA) is 96.2 Å². The summed E-state index contributed by atoms with van der Waals surface area (Å²) in [5.41, 5.74) is 5.30. The predicted octanol–water partition coefficient (Wildman–Crippen LogP) is 5.46. The molecule has 2 aromatic carbocycles. The fourth-order valence-corrected chi connectivity index (χ4v) is 3.98. The molecule has 0 saturated carbocycles. The van der Waals surface area contributed by atoms with Crippen molar-refractivity contribution < 1.29 is 18.5 Å². The molecule has 5 rings (SSSR count). The summed E-state index contributed by atoms with van der Waals surface area (Å²) in [6.45, 7) is 5.47. The lowest BCUT2D eigenvalue weighted by molar-refractivity contribution is 0.0438. The summed E-state index contributed by atoms with van der Waals surface area (Å²) in [7, 11) is 0. The molecular weight excluding hydrogens is 432 g/mol. The summed E-state index contributed by atoms with van der Waals surface area (Å²) >= 11 is 0. The van der Waals surface area contributed by atoms with E-state index in [4.69, 9.17) is 13.7 Å². The van der Waals surface area contributed by atoms with Crippen molar-refractivity contribution in [2.75, 3.05) is 0 Å². The van der Waals surface area contributed by atoms with Crippen molar-refractivity contribution in [3.63, 3.8) is 0 Å². The van der Waals surface area contributed by atoms with Crippen LogP contribution in [0.25, 0.3) is 28.4 Å². The maximum atomic E-state index is 12.8. The second-order valence-electron chi connectivity index (χ2n) is 7.86. The maximum Gasteiger partial charge on any atom is 0.340 e. The monoisotopic (exact) mass is 454 g/mol. The minimum atomic E-state index is -0.457. The molecule has 34 heavy (non-hydrogen) atoms. The van der Waals surface area contributed by atoms with Gasteiger partial charge in [-0.2, -0.15) is 0 Å². The van der Waals surface area contributed by atoms with Crippen LogP contribution in [0.2, 0.25) is 0 Å². The van der Waals surface area contributed by atoms with Gasteiger partial charge in [-0.1, -0.05) is 53.7 Å². The second-order valence-corrected chi connectivity index (χ2v) is 7.86. The van der Waals surface area contributed by atoms with Gasteiger partial charge in [0.15, 0.2) is 6.61 Å². The van der Waals surface area contributed by atoms with Crippen LogP contribution in [0.1, 0.15) is 33.4 Å². The quantitative estimate of drug-likeness (QED) is 0.314. The number of hydrogen-bond donors (Lipinski definition) is 0. The van der Waals surface area contributed by atoms with E-state index in [1.54, 1.807) is 6.92 Å². The molecule has 0 unspecified atom stereocenters. The van der Waals surface area contributed by atoms with E-state index in [9.17, 15) is 4.79 Å². The number of hydrogen-bond acceptors (Lipinski definition) is 7. The number of ether oxygens (including phenoxy) is 1. The Morgan fingerprint density at radius 2 is 1.68 bits per heavy atom. The predicted molar refractivity (Wildman–Crippen MR) is 124 cm³/mol. The average Bonchev–Trinajstić information content (AvgIpc) is 3.55. The van der Waals surface area contributed by atoms with Gasteiger partial charge >= 0.3 is 5.97 Å². The lowest BCUT2D eigenvalue weighted by atomic mass is 10.1. The molecule has 0 radical (unpaired) electrons. The molecule has 0 spiro atoms. The van der Waals surface area contributed by atoms with Crippen molar-refractivity contribution in [2.45, 2.75) is 27.4 Å². The molecule has 3 heterocycles. The van der Waals surface area contributed by atoms with Gasteiger partial charge in [0.2, 0.25) is 0 Å².